The molecule has 16 heavy (non-hydrogen) atoms. The van der Waals surface area contributed by atoms with E-state index in [0.717, 1.165) is 37.5 Å². The molecule has 0 spiro atoms. The first kappa shape index (κ1) is 17.5. The Morgan fingerprint density at radius 2 is 2.06 bits per heavy atom. The Morgan fingerprint density at radius 1 is 1.62 bits per heavy atom. The van der Waals surface area contributed by atoms with E-state index in [1.54, 1.807) is 0 Å². The average Bonchev–Trinajstić information content (AvgIpc) is 2.15. The van der Waals surface area contributed by atoms with Crippen LogP contribution in [-0.4, -0.2) is 55.4 Å². The van der Waals surface area contributed by atoms with Gasteiger partial charge in [0.25, 0.3) is 0 Å². The molecule has 0 aromatic rings. The summed E-state index contributed by atoms with van der Waals surface area (Å²) in [6, 6.07) is 0. The van der Waals surface area contributed by atoms with E-state index in [9.17, 15) is 9.90 Å². The normalized spacial score (nSPS) is 12.3. The van der Waals surface area contributed by atoms with Crippen LogP contribution < -0.4 is 10.8 Å². The van der Waals surface area contributed by atoms with Crippen molar-refractivity contribution in [1.82, 2.24) is 0 Å². The van der Waals surface area contributed by atoms with Crippen LogP contribution in [0.4, 0.5) is 0 Å². The fourth-order valence-corrected chi connectivity index (χ4v) is 0.960. The highest BCUT2D eigenvalue weighted by atomic mass is 16.4. The molecule has 5 nitrogen and oxygen atoms in total. The standard InChI is InChI=1S/C8H19N2.C3H6O3/c1-4-7-10(2,3)8-5-6-9;1-2(4)3(5)6/h4H,1,5-9H2,2-3H3;2,4H,1H3,(H,5,6)/q+1;/p-1. The maximum Gasteiger partial charge on any atom is 0.0966 e. The molecular formula is C11H24N2O3. The predicted molar refractivity (Wildman–Crippen MR) is 62.4 cm³/mol. The van der Waals surface area contributed by atoms with Crippen LogP contribution in [0.15, 0.2) is 12.7 Å². The van der Waals surface area contributed by atoms with Crippen LogP contribution >= 0.6 is 0 Å². The lowest BCUT2D eigenvalue weighted by molar-refractivity contribution is -0.884. The van der Waals surface area contributed by atoms with Crippen LogP contribution in [0, 0.1) is 0 Å². The molecule has 0 rings (SSSR count). The number of carboxylic acid groups (broad SMARTS) is 1. The molecular weight excluding hydrogens is 208 g/mol. The third-order valence-electron chi connectivity index (χ3n) is 1.93. The largest absolute Gasteiger partial charge is 0.547 e. The van der Waals surface area contributed by atoms with Gasteiger partial charge in [-0.15, -0.1) is 0 Å². The van der Waals surface area contributed by atoms with Gasteiger partial charge in [-0.2, -0.15) is 0 Å². The smallest absolute Gasteiger partial charge is 0.0966 e. The lowest BCUT2D eigenvalue weighted by Gasteiger charge is -2.27. The van der Waals surface area contributed by atoms with Gasteiger partial charge in [-0.1, -0.05) is 6.58 Å². The molecule has 0 saturated carbocycles. The van der Waals surface area contributed by atoms with E-state index in [-0.39, 0.29) is 0 Å². The monoisotopic (exact) mass is 232 g/mol. The van der Waals surface area contributed by atoms with Gasteiger partial charge in [0.1, 0.15) is 0 Å². The Balaban J connectivity index is 0. The number of nitrogens with two attached hydrogens (primary N) is 1. The molecule has 0 aliphatic rings. The van der Waals surface area contributed by atoms with E-state index in [4.69, 9.17) is 10.8 Å². The molecule has 96 valence electrons. The van der Waals surface area contributed by atoms with Crippen molar-refractivity contribution in [2.24, 2.45) is 5.73 Å². The van der Waals surface area contributed by atoms with Gasteiger partial charge in [-0.05, 0) is 19.5 Å². The quantitative estimate of drug-likeness (QED) is 0.441. The van der Waals surface area contributed by atoms with Gasteiger partial charge in [-0.3, -0.25) is 0 Å². The van der Waals surface area contributed by atoms with Crippen LogP contribution in [0.25, 0.3) is 0 Å². The molecule has 0 saturated heterocycles. The van der Waals surface area contributed by atoms with Crippen LogP contribution in [0.1, 0.15) is 13.3 Å². The maximum absolute atomic E-state index is 9.34. The number of carboxylic acids is 1. The molecule has 0 radical (unpaired) electrons. The fourth-order valence-electron chi connectivity index (χ4n) is 0.960. The Kier molecular flexibility index (Phi) is 10.2. The van der Waals surface area contributed by atoms with Gasteiger partial charge in [0.2, 0.25) is 0 Å². The molecule has 0 amide bonds. The van der Waals surface area contributed by atoms with Gasteiger partial charge in [0.05, 0.1) is 39.3 Å². The lowest BCUT2D eigenvalue weighted by atomic mass is 10.3. The second kappa shape index (κ2) is 9.33. The molecule has 0 bridgehead atoms. The molecule has 0 aromatic carbocycles. The van der Waals surface area contributed by atoms with E-state index >= 15 is 0 Å². The number of hydrogen-bond donors (Lipinski definition) is 2. The Hall–Kier alpha value is -0.910. The zero-order valence-electron chi connectivity index (χ0n) is 10.5. The van der Waals surface area contributed by atoms with Gasteiger partial charge in [0.15, 0.2) is 0 Å². The van der Waals surface area contributed by atoms with E-state index in [1.165, 1.54) is 0 Å². The topological polar surface area (TPSA) is 86.4 Å². The minimum Gasteiger partial charge on any atom is -0.547 e. The van der Waals surface area contributed by atoms with E-state index in [1.807, 2.05) is 6.08 Å². The summed E-state index contributed by atoms with van der Waals surface area (Å²) in [4.78, 5) is 9.34. The molecule has 1 atom stereocenters. The van der Waals surface area contributed by atoms with Gasteiger partial charge in [0, 0.05) is 6.42 Å². The molecule has 0 aromatic heterocycles. The number of quaternary nitrogens is 1. The summed E-state index contributed by atoms with van der Waals surface area (Å²) in [7, 11) is 4.38. The van der Waals surface area contributed by atoms with Crippen LogP contribution in [-0.2, 0) is 4.79 Å². The van der Waals surface area contributed by atoms with Crippen LogP contribution in [0.3, 0.4) is 0 Å². The molecule has 1 unspecified atom stereocenters. The SMILES string of the molecule is C=CC[N+](C)(C)CCCN.CC(O)C(=O)[O-]. The molecule has 0 aliphatic heterocycles. The van der Waals surface area contributed by atoms with Crippen molar-refractivity contribution in [3.05, 3.63) is 12.7 Å². The summed E-state index contributed by atoms with van der Waals surface area (Å²) >= 11 is 0. The summed E-state index contributed by atoms with van der Waals surface area (Å²) < 4.78 is 1.00. The second-order valence-corrected chi connectivity index (χ2v) is 4.27. The first-order valence-electron chi connectivity index (χ1n) is 5.28. The van der Waals surface area contributed by atoms with Crippen molar-refractivity contribution in [2.45, 2.75) is 19.4 Å². The number of aliphatic carboxylic acids is 1. The number of likely N-dealkylation sites (N-methyl/N-ethyl adjacent to an activating group) is 1. The maximum atomic E-state index is 9.34. The molecule has 5 heteroatoms. The first-order chi connectivity index (χ1) is 7.26. The van der Waals surface area contributed by atoms with Crippen molar-refractivity contribution in [2.75, 3.05) is 33.7 Å². The van der Waals surface area contributed by atoms with Crippen molar-refractivity contribution >= 4 is 5.97 Å². The summed E-state index contributed by atoms with van der Waals surface area (Å²) in [6.07, 6.45) is 1.71. The number of carbonyl (C=O) groups is 1. The van der Waals surface area contributed by atoms with Crippen molar-refractivity contribution in [3.8, 4) is 0 Å². The average molecular weight is 232 g/mol. The third kappa shape index (κ3) is 13.1. The highest BCUT2D eigenvalue weighted by Gasteiger charge is 2.10. The summed E-state index contributed by atoms with van der Waals surface area (Å²) in [5.41, 5.74) is 5.40. The lowest BCUT2D eigenvalue weighted by Crippen LogP contribution is -2.41. The van der Waals surface area contributed by atoms with Crippen LogP contribution in [0.2, 0.25) is 0 Å². The number of hydrogen-bond acceptors (Lipinski definition) is 4. The molecule has 3 N–H and O–H groups in total. The van der Waals surface area contributed by atoms with Gasteiger partial charge < -0.3 is 25.2 Å². The zero-order valence-corrected chi connectivity index (χ0v) is 10.5. The molecule has 0 fully saturated rings. The van der Waals surface area contributed by atoms with Gasteiger partial charge in [-0.25, -0.2) is 0 Å². The number of nitrogens with zero attached hydrogens (tertiary/aromatic N) is 1. The third-order valence-corrected chi connectivity index (χ3v) is 1.93. The highest BCUT2D eigenvalue weighted by Crippen LogP contribution is 1.97. The summed E-state index contributed by atoms with van der Waals surface area (Å²) in [6.45, 7) is 7.80. The van der Waals surface area contributed by atoms with Crippen molar-refractivity contribution in [1.29, 1.82) is 0 Å². The van der Waals surface area contributed by atoms with E-state index in [2.05, 4.69) is 20.7 Å². The Labute approximate surface area is 97.8 Å². The predicted octanol–water partition coefficient (Wildman–Crippen LogP) is -1.29. The number of carbonyl (C=O) groups excluding carboxylic acids is 1. The van der Waals surface area contributed by atoms with E-state index < -0.39 is 12.1 Å². The van der Waals surface area contributed by atoms with Crippen molar-refractivity contribution in [3.63, 3.8) is 0 Å². The second-order valence-electron chi connectivity index (χ2n) is 4.27. The Morgan fingerprint density at radius 3 is 2.31 bits per heavy atom. The minimum atomic E-state index is -1.44. The number of rotatable bonds is 6. The van der Waals surface area contributed by atoms with Gasteiger partial charge >= 0.3 is 0 Å². The molecule has 0 heterocycles. The fraction of sp³-hybridized carbons (Fsp3) is 0.727. The first-order valence-corrected chi connectivity index (χ1v) is 5.28. The zero-order chi connectivity index (χ0) is 13.2. The van der Waals surface area contributed by atoms with Crippen molar-refractivity contribution < 1.29 is 19.5 Å². The number of aliphatic hydroxyl groups is 1. The summed E-state index contributed by atoms with van der Waals surface area (Å²) in [5.74, 6) is -1.44. The molecule has 0 aliphatic carbocycles. The van der Waals surface area contributed by atoms with E-state index in [0.29, 0.717) is 0 Å². The number of aliphatic hydroxyl groups excluding tert-OH is 1. The van der Waals surface area contributed by atoms with Crippen LogP contribution in [0.5, 0.6) is 0 Å². The minimum absolute atomic E-state index is 0.790. The summed E-state index contributed by atoms with van der Waals surface area (Å²) in [5, 5.41) is 17.3. The highest BCUT2D eigenvalue weighted by molar-refractivity contribution is 5.68. The Bertz CT molecular complexity index is 203.